The van der Waals surface area contributed by atoms with Gasteiger partial charge in [0.2, 0.25) is 0 Å². The van der Waals surface area contributed by atoms with Gasteiger partial charge in [-0.1, -0.05) is 0 Å². The average Bonchev–Trinajstić information content (AvgIpc) is 2.03. The zero-order valence-electron chi connectivity index (χ0n) is 7.46. The zero-order valence-corrected chi connectivity index (χ0v) is 8.35. The predicted molar refractivity (Wildman–Crippen MR) is 51.8 cm³/mol. The van der Waals surface area contributed by atoms with E-state index in [4.69, 9.17) is 0 Å². The Labute approximate surface area is 73.9 Å². The number of likely N-dealkylation sites (N-methyl/N-ethyl adjacent to an activating group) is 1. The van der Waals surface area contributed by atoms with Gasteiger partial charge < -0.3 is 10.2 Å². The number of carbonyl (C=O) groups is 1. The monoisotopic (exact) mass is 176 g/mol. The summed E-state index contributed by atoms with van der Waals surface area (Å²) >= 11 is 3.53. The standard InChI is InChI=1S/C6H12N2O.CH4S/c1-7-6(5-9)4-8(2)3;1-2/h4-5,7H,1-3H3;2H,1H3/b6-4-;. The normalized spacial score (nSPS) is 9.36. The second-order valence-electron chi connectivity index (χ2n) is 1.92. The van der Waals surface area contributed by atoms with E-state index < -0.39 is 0 Å². The Kier molecular flexibility index (Phi) is 11.1. The van der Waals surface area contributed by atoms with Gasteiger partial charge >= 0.3 is 0 Å². The van der Waals surface area contributed by atoms with Gasteiger partial charge in [-0.3, -0.25) is 4.79 Å². The molecule has 0 aliphatic heterocycles. The van der Waals surface area contributed by atoms with Crippen LogP contribution in [0.4, 0.5) is 0 Å². The van der Waals surface area contributed by atoms with Crippen LogP contribution in [0.25, 0.3) is 0 Å². The van der Waals surface area contributed by atoms with Crippen molar-refractivity contribution in [2.75, 3.05) is 27.4 Å². The Morgan fingerprint density at radius 3 is 2.00 bits per heavy atom. The number of thiol groups is 1. The first kappa shape index (κ1) is 13.0. The Morgan fingerprint density at radius 2 is 1.91 bits per heavy atom. The van der Waals surface area contributed by atoms with Crippen molar-refractivity contribution in [1.29, 1.82) is 0 Å². The molecule has 0 saturated carbocycles. The molecule has 0 heterocycles. The summed E-state index contributed by atoms with van der Waals surface area (Å²) in [6.45, 7) is 0. The predicted octanol–water partition coefficient (Wildman–Crippen LogP) is 0.354. The van der Waals surface area contributed by atoms with Gasteiger partial charge in [-0.2, -0.15) is 12.6 Å². The maximum Gasteiger partial charge on any atom is 0.167 e. The van der Waals surface area contributed by atoms with Crippen LogP contribution in [0.2, 0.25) is 0 Å². The van der Waals surface area contributed by atoms with Crippen molar-refractivity contribution in [3.63, 3.8) is 0 Å². The summed E-state index contributed by atoms with van der Waals surface area (Å²) in [6, 6.07) is 0. The van der Waals surface area contributed by atoms with Crippen molar-refractivity contribution in [2.45, 2.75) is 0 Å². The number of aldehydes is 1. The highest BCUT2D eigenvalue weighted by Gasteiger charge is 1.87. The minimum absolute atomic E-state index is 0.583. The van der Waals surface area contributed by atoms with Gasteiger partial charge in [0.1, 0.15) is 0 Å². The minimum Gasteiger partial charge on any atom is -0.384 e. The highest BCUT2D eigenvalue weighted by Crippen LogP contribution is 1.82. The van der Waals surface area contributed by atoms with Gasteiger partial charge in [0.15, 0.2) is 6.29 Å². The summed E-state index contributed by atoms with van der Waals surface area (Å²) in [5.74, 6) is 0. The maximum atomic E-state index is 10.1. The molecular formula is C7H16N2OS. The van der Waals surface area contributed by atoms with Crippen molar-refractivity contribution < 1.29 is 4.79 Å². The van der Waals surface area contributed by atoms with Gasteiger partial charge in [0.05, 0.1) is 5.70 Å². The second-order valence-corrected chi connectivity index (χ2v) is 1.92. The summed E-state index contributed by atoms with van der Waals surface area (Å²) in [4.78, 5) is 11.9. The van der Waals surface area contributed by atoms with Gasteiger partial charge in [-0.15, -0.1) is 0 Å². The number of hydrogen-bond donors (Lipinski definition) is 2. The smallest absolute Gasteiger partial charge is 0.167 e. The van der Waals surface area contributed by atoms with Crippen molar-refractivity contribution in [2.24, 2.45) is 0 Å². The molecule has 1 N–H and O–H groups in total. The lowest BCUT2D eigenvalue weighted by atomic mass is 10.5. The van der Waals surface area contributed by atoms with E-state index in [2.05, 4.69) is 17.9 Å². The third kappa shape index (κ3) is 9.36. The Bertz CT molecular complexity index is 124. The molecule has 0 aliphatic carbocycles. The SMILES string of the molecule is CN/C(C=O)=C\N(C)C.CS. The maximum absolute atomic E-state index is 10.1. The number of hydrogen-bond acceptors (Lipinski definition) is 4. The Morgan fingerprint density at radius 1 is 1.45 bits per heavy atom. The van der Waals surface area contributed by atoms with Crippen molar-refractivity contribution in [3.05, 3.63) is 11.9 Å². The molecule has 0 fully saturated rings. The summed E-state index contributed by atoms with van der Waals surface area (Å²) in [5, 5.41) is 2.73. The van der Waals surface area contributed by atoms with Gasteiger partial charge in [0, 0.05) is 27.3 Å². The Balaban J connectivity index is 0. The number of nitrogens with zero attached hydrogens (tertiary/aromatic N) is 1. The number of allylic oxidation sites excluding steroid dienone is 1. The van der Waals surface area contributed by atoms with E-state index in [1.807, 2.05) is 14.1 Å². The summed E-state index contributed by atoms with van der Waals surface area (Å²) in [7, 11) is 5.44. The highest BCUT2D eigenvalue weighted by molar-refractivity contribution is 7.79. The first-order valence-corrected chi connectivity index (χ1v) is 4.06. The molecule has 0 aromatic rings. The van der Waals surface area contributed by atoms with Crippen LogP contribution in [0.3, 0.4) is 0 Å². The average molecular weight is 176 g/mol. The van der Waals surface area contributed by atoms with Crippen LogP contribution < -0.4 is 5.32 Å². The van der Waals surface area contributed by atoms with E-state index in [-0.39, 0.29) is 0 Å². The first-order valence-electron chi connectivity index (χ1n) is 3.16. The fourth-order valence-corrected chi connectivity index (χ4v) is 0.432. The Hall–Kier alpha value is -0.640. The lowest BCUT2D eigenvalue weighted by Crippen LogP contribution is -2.12. The number of rotatable bonds is 3. The van der Waals surface area contributed by atoms with Gasteiger partial charge in [0.25, 0.3) is 0 Å². The van der Waals surface area contributed by atoms with E-state index in [0.717, 1.165) is 6.29 Å². The molecule has 3 nitrogen and oxygen atoms in total. The van der Waals surface area contributed by atoms with Crippen LogP contribution in [-0.4, -0.2) is 38.6 Å². The molecule has 0 amide bonds. The van der Waals surface area contributed by atoms with Crippen molar-refractivity contribution >= 4 is 18.9 Å². The van der Waals surface area contributed by atoms with E-state index in [9.17, 15) is 4.79 Å². The van der Waals surface area contributed by atoms with E-state index >= 15 is 0 Å². The van der Waals surface area contributed by atoms with E-state index in [1.165, 1.54) is 0 Å². The summed E-state index contributed by atoms with van der Waals surface area (Å²) in [6.07, 6.45) is 4.19. The molecule has 0 aliphatic rings. The summed E-state index contributed by atoms with van der Waals surface area (Å²) in [5.41, 5.74) is 0.583. The van der Waals surface area contributed by atoms with Crippen LogP contribution in [0.5, 0.6) is 0 Å². The van der Waals surface area contributed by atoms with Gasteiger partial charge in [-0.05, 0) is 6.26 Å². The lowest BCUT2D eigenvalue weighted by Gasteiger charge is -2.05. The van der Waals surface area contributed by atoms with Crippen molar-refractivity contribution in [3.8, 4) is 0 Å². The van der Waals surface area contributed by atoms with E-state index in [0.29, 0.717) is 5.70 Å². The largest absolute Gasteiger partial charge is 0.384 e. The molecule has 0 spiro atoms. The van der Waals surface area contributed by atoms with Crippen LogP contribution in [-0.2, 0) is 4.79 Å². The summed E-state index contributed by atoms with van der Waals surface area (Å²) < 4.78 is 0. The first-order chi connectivity index (χ1) is 5.20. The fraction of sp³-hybridized carbons (Fsp3) is 0.571. The number of carbonyl (C=O) groups excluding carboxylic acids is 1. The van der Waals surface area contributed by atoms with Gasteiger partial charge in [-0.25, -0.2) is 0 Å². The topological polar surface area (TPSA) is 32.3 Å². The van der Waals surface area contributed by atoms with Crippen LogP contribution >= 0.6 is 12.6 Å². The molecule has 66 valence electrons. The fourth-order valence-electron chi connectivity index (χ4n) is 0.432. The molecule has 0 rings (SSSR count). The molecule has 0 saturated heterocycles. The van der Waals surface area contributed by atoms with Crippen LogP contribution in [0.15, 0.2) is 11.9 Å². The molecule has 0 atom stereocenters. The van der Waals surface area contributed by atoms with E-state index in [1.54, 1.807) is 24.4 Å². The second kappa shape index (κ2) is 9.36. The molecular weight excluding hydrogens is 160 g/mol. The quantitative estimate of drug-likeness (QED) is 0.370. The zero-order chi connectivity index (χ0) is 9.28. The molecule has 0 aromatic heterocycles. The molecule has 0 unspecified atom stereocenters. The molecule has 0 radical (unpaired) electrons. The lowest BCUT2D eigenvalue weighted by molar-refractivity contribution is -0.105. The highest BCUT2D eigenvalue weighted by atomic mass is 32.1. The van der Waals surface area contributed by atoms with Crippen LogP contribution in [0, 0.1) is 0 Å². The minimum atomic E-state index is 0.583. The number of nitrogens with one attached hydrogen (secondary N) is 1. The molecule has 11 heavy (non-hydrogen) atoms. The molecule has 4 heteroatoms. The third-order valence-corrected chi connectivity index (χ3v) is 0.813. The molecule has 0 bridgehead atoms. The molecule has 0 aromatic carbocycles. The third-order valence-electron chi connectivity index (χ3n) is 0.813. The van der Waals surface area contributed by atoms with Crippen LogP contribution in [0.1, 0.15) is 0 Å². The van der Waals surface area contributed by atoms with Crippen molar-refractivity contribution in [1.82, 2.24) is 10.2 Å².